The normalized spacial score (nSPS) is 17.1. The molecule has 4 heteroatoms. The lowest BCUT2D eigenvalue weighted by atomic mass is 10.0. The van der Waals surface area contributed by atoms with Crippen molar-refractivity contribution in [3.8, 4) is 5.75 Å². The summed E-state index contributed by atoms with van der Waals surface area (Å²) in [7, 11) is 1.68. The average molecular weight is 278 g/mol. The monoisotopic (exact) mass is 278 g/mol. The maximum absolute atomic E-state index is 5.64. The molecule has 1 aliphatic rings. The van der Waals surface area contributed by atoms with Gasteiger partial charge in [0.2, 0.25) is 0 Å². The summed E-state index contributed by atoms with van der Waals surface area (Å²) < 4.78 is 10.6. The molecule has 4 nitrogen and oxygen atoms in total. The Labute approximate surface area is 122 Å². The van der Waals surface area contributed by atoms with Crippen LogP contribution in [0.4, 0.5) is 5.69 Å². The van der Waals surface area contributed by atoms with Gasteiger partial charge in [0.25, 0.3) is 0 Å². The highest BCUT2D eigenvalue weighted by molar-refractivity contribution is 5.48. The molecular formula is C16H26N2O2. The lowest BCUT2D eigenvalue weighted by molar-refractivity contribution is 0.146. The number of anilines is 1. The number of nitrogens with zero attached hydrogens (tertiary/aromatic N) is 1. The molecule has 0 amide bonds. The zero-order valence-electron chi connectivity index (χ0n) is 12.6. The van der Waals surface area contributed by atoms with Crippen LogP contribution < -0.4 is 10.1 Å². The van der Waals surface area contributed by atoms with Gasteiger partial charge in [-0.25, -0.2) is 0 Å². The summed E-state index contributed by atoms with van der Waals surface area (Å²) in [6.45, 7) is 6.99. The van der Waals surface area contributed by atoms with Crippen LogP contribution in [0.15, 0.2) is 24.3 Å². The van der Waals surface area contributed by atoms with Gasteiger partial charge in [-0.3, -0.25) is 0 Å². The highest BCUT2D eigenvalue weighted by Crippen LogP contribution is 2.21. The first kappa shape index (κ1) is 15.1. The minimum atomic E-state index is 0.576. The highest BCUT2D eigenvalue weighted by atomic mass is 16.5. The van der Waals surface area contributed by atoms with Crippen LogP contribution in [0.1, 0.15) is 19.8 Å². The average Bonchev–Trinajstić information content (AvgIpc) is 2.49. The van der Waals surface area contributed by atoms with Gasteiger partial charge < -0.3 is 19.7 Å². The van der Waals surface area contributed by atoms with Crippen molar-refractivity contribution in [2.75, 3.05) is 45.3 Å². The summed E-state index contributed by atoms with van der Waals surface area (Å²) in [4.78, 5) is 2.50. The Bertz CT molecular complexity index is 390. The van der Waals surface area contributed by atoms with Crippen molar-refractivity contribution in [1.29, 1.82) is 0 Å². The van der Waals surface area contributed by atoms with Crippen molar-refractivity contribution in [2.45, 2.75) is 25.8 Å². The molecule has 0 aromatic heterocycles. The fourth-order valence-electron chi connectivity index (χ4n) is 2.55. The highest BCUT2D eigenvalue weighted by Gasteiger charge is 2.17. The first-order chi connectivity index (χ1) is 9.81. The summed E-state index contributed by atoms with van der Waals surface area (Å²) in [5.41, 5.74) is 1.15. The number of ether oxygens (including phenoxy) is 2. The molecule has 0 bridgehead atoms. The van der Waals surface area contributed by atoms with Crippen LogP contribution in [0.2, 0.25) is 0 Å². The SMILES string of the molecule is CCN1CCC(Nc2cccc(OCCOC)c2)CC1. The molecule has 0 unspecified atom stereocenters. The van der Waals surface area contributed by atoms with Crippen molar-refractivity contribution in [1.82, 2.24) is 4.90 Å². The van der Waals surface area contributed by atoms with E-state index in [1.54, 1.807) is 7.11 Å². The van der Waals surface area contributed by atoms with Gasteiger partial charge in [0.15, 0.2) is 0 Å². The first-order valence-electron chi connectivity index (χ1n) is 7.52. The van der Waals surface area contributed by atoms with Crippen molar-refractivity contribution < 1.29 is 9.47 Å². The molecule has 20 heavy (non-hydrogen) atoms. The number of rotatable bonds is 7. The van der Waals surface area contributed by atoms with Gasteiger partial charge in [0.05, 0.1) is 6.61 Å². The number of piperidine rings is 1. The molecule has 0 atom stereocenters. The lowest BCUT2D eigenvalue weighted by Crippen LogP contribution is -2.38. The van der Waals surface area contributed by atoms with Crippen LogP contribution in [0.3, 0.4) is 0 Å². The Kier molecular flexibility index (Phi) is 6.15. The van der Waals surface area contributed by atoms with E-state index >= 15 is 0 Å². The molecule has 0 radical (unpaired) electrons. The zero-order chi connectivity index (χ0) is 14.2. The molecule has 1 aromatic rings. The Balaban J connectivity index is 1.82. The zero-order valence-corrected chi connectivity index (χ0v) is 12.6. The van der Waals surface area contributed by atoms with Gasteiger partial charge in [-0.2, -0.15) is 0 Å². The Morgan fingerprint density at radius 2 is 2.05 bits per heavy atom. The summed E-state index contributed by atoms with van der Waals surface area (Å²) in [5.74, 6) is 0.901. The van der Waals surface area contributed by atoms with E-state index < -0.39 is 0 Å². The number of hydrogen-bond donors (Lipinski definition) is 1. The van der Waals surface area contributed by atoms with Gasteiger partial charge in [-0.1, -0.05) is 13.0 Å². The second kappa shape index (κ2) is 8.12. The standard InChI is InChI=1S/C16H26N2O2/c1-3-18-9-7-14(8-10-18)17-15-5-4-6-16(13-15)20-12-11-19-2/h4-6,13-14,17H,3,7-12H2,1-2H3. The van der Waals surface area contributed by atoms with Crippen LogP contribution >= 0.6 is 0 Å². The van der Waals surface area contributed by atoms with Gasteiger partial charge in [0, 0.05) is 38.0 Å². The van der Waals surface area contributed by atoms with Crippen LogP contribution in [-0.2, 0) is 4.74 Å². The van der Waals surface area contributed by atoms with Crippen LogP contribution in [0.5, 0.6) is 5.75 Å². The fourth-order valence-corrected chi connectivity index (χ4v) is 2.55. The number of methoxy groups -OCH3 is 1. The fraction of sp³-hybridized carbons (Fsp3) is 0.625. The Morgan fingerprint density at radius 1 is 1.25 bits per heavy atom. The Hall–Kier alpha value is -1.26. The number of hydrogen-bond acceptors (Lipinski definition) is 4. The molecule has 0 spiro atoms. The van der Waals surface area contributed by atoms with Crippen LogP contribution in [-0.4, -0.2) is 50.9 Å². The van der Waals surface area contributed by atoms with Gasteiger partial charge in [-0.15, -0.1) is 0 Å². The lowest BCUT2D eigenvalue weighted by Gasteiger charge is -2.32. The third-order valence-corrected chi connectivity index (χ3v) is 3.80. The molecule has 1 saturated heterocycles. The van der Waals surface area contributed by atoms with Crippen molar-refractivity contribution in [3.05, 3.63) is 24.3 Å². The smallest absolute Gasteiger partial charge is 0.121 e. The maximum Gasteiger partial charge on any atom is 0.121 e. The number of benzene rings is 1. The maximum atomic E-state index is 5.64. The molecule has 1 aliphatic heterocycles. The first-order valence-corrected chi connectivity index (χ1v) is 7.52. The summed E-state index contributed by atoms with van der Waals surface area (Å²) in [6, 6.07) is 8.77. The predicted octanol–water partition coefficient (Wildman–Crippen LogP) is 2.61. The second-order valence-corrected chi connectivity index (χ2v) is 5.22. The van der Waals surface area contributed by atoms with Crippen LogP contribution in [0.25, 0.3) is 0 Å². The third-order valence-electron chi connectivity index (χ3n) is 3.80. The number of likely N-dealkylation sites (tertiary alicyclic amines) is 1. The van der Waals surface area contributed by atoms with Crippen molar-refractivity contribution in [2.24, 2.45) is 0 Å². The molecule has 0 aliphatic carbocycles. The van der Waals surface area contributed by atoms with Gasteiger partial charge >= 0.3 is 0 Å². The summed E-state index contributed by atoms with van der Waals surface area (Å²) in [5, 5.41) is 3.62. The molecule has 1 aromatic carbocycles. The van der Waals surface area contributed by atoms with E-state index in [0.29, 0.717) is 19.3 Å². The largest absolute Gasteiger partial charge is 0.491 e. The molecule has 1 N–H and O–H groups in total. The van der Waals surface area contributed by atoms with E-state index in [9.17, 15) is 0 Å². The number of nitrogens with one attached hydrogen (secondary N) is 1. The quantitative estimate of drug-likeness (QED) is 0.777. The van der Waals surface area contributed by atoms with Crippen molar-refractivity contribution >= 4 is 5.69 Å². The van der Waals surface area contributed by atoms with E-state index in [1.165, 1.54) is 25.9 Å². The Morgan fingerprint density at radius 3 is 2.75 bits per heavy atom. The molecule has 1 fully saturated rings. The van der Waals surface area contributed by atoms with Gasteiger partial charge in [-0.05, 0) is 31.5 Å². The molecule has 112 valence electrons. The van der Waals surface area contributed by atoms with Gasteiger partial charge in [0.1, 0.15) is 12.4 Å². The topological polar surface area (TPSA) is 33.7 Å². The summed E-state index contributed by atoms with van der Waals surface area (Å²) in [6.07, 6.45) is 2.42. The van der Waals surface area contributed by atoms with Crippen molar-refractivity contribution in [3.63, 3.8) is 0 Å². The predicted molar refractivity (Wildman–Crippen MR) is 82.6 cm³/mol. The van der Waals surface area contributed by atoms with E-state index in [1.807, 2.05) is 12.1 Å². The molecule has 1 heterocycles. The second-order valence-electron chi connectivity index (χ2n) is 5.22. The van der Waals surface area contributed by atoms with E-state index in [-0.39, 0.29) is 0 Å². The molecule has 2 rings (SSSR count). The van der Waals surface area contributed by atoms with E-state index in [2.05, 4.69) is 29.3 Å². The molecular weight excluding hydrogens is 252 g/mol. The minimum absolute atomic E-state index is 0.576. The van der Waals surface area contributed by atoms with E-state index in [0.717, 1.165) is 18.0 Å². The minimum Gasteiger partial charge on any atom is -0.491 e. The van der Waals surface area contributed by atoms with E-state index in [4.69, 9.17) is 9.47 Å². The summed E-state index contributed by atoms with van der Waals surface area (Å²) >= 11 is 0. The third kappa shape index (κ3) is 4.69. The van der Waals surface area contributed by atoms with Crippen LogP contribution in [0, 0.1) is 0 Å². The molecule has 0 saturated carbocycles.